The van der Waals surface area contributed by atoms with Crippen molar-refractivity contribution in [3.63, 3.8) is 0 Å². The second kappa shape index (κ2) is 7.67. The SMILES string of the molecule is CNCC(C)C(=O)NCC(C)N1CCCCC1. The maximum atomic E-state index is 11.8. The molecule has 1 fully saturated rings. The standard InChI is InChI=1S/C13H27N3O/c1-11(9-14-3)13(17)15-10-12(2)16-7-5-4-6-8-16/h11-12,14H,4-10H2,1-3H3,(H,15,17). The van der Waals surface area contributed by atoms with Gasteiger partial charge in [-0.25, -0.2) is 0 Å². The van der Waals surface area contributed by atoms with Gasteiger partial charge in [0.15, 0.2) is 0 Å². The molecule has 0 bridgehead atoms. The molecule has 4 nitrogen and oxygen atoms in total. The second-order valence-electron chi connectivity index (χ2n) is 5.15. The maximum Gasteiger partial charge on any atom is 0.224 e. The third-order valence-corrected chi connectivity index (χ3v) is 3.54. The molecule has 2 atom stereocenters. The Hall–Kier alpha value is -0.610. The molecule has 1 rings (SSSR count). The summed E-state index contributed by atoms with van der Waals surface area (Å²) in [4.78, 5) is 14.2. The lowest BCUT2D eigenvalue weighted by Gasteiger charge is -2.32. The van der Waals surface area contributed by atoms with Crippen LogP contribution in [0.15, 0.2) is 0 Å². The Morgan fingerprint density at radius 1 is 1.18 bits per heavy atom. The summed E-state index contributed by atoms with van der Waals surface area (Å²) in [5.74, 6) is 0.205. The molecule has 1 heterocycles. The highest BCUT2D eigenvalue weighted by Gasteiger charge is 2.18. The van der Waals surface area contributed by atoms with Crippen molar-refractivity contribution in [1.82, 2.24) is 15.5 Å². The molecular weight excluding hydrogens is 214 g/mol. The molecule has 1 saturated heterocycles. The number of amides is 1. The summed E-state index contributed by atoms with van der Waals surface area (Å²) in [7, 11) is 1.88. The molecule has 0 aromatic heterocycles. The number of nitrogens with one attached hydrogen (secondary N) is 2. The van der Waals surface area contributed by atoms with Crippen LogP contribution in [0.3, 0.4) is 0 Å². The minimum absolute atomic E-state index is 0.0496. The Balaban J connectivity index is 2.22. The topological polar surface area (TPSA) is 44.4 Å². The van der Waals surface area contributed by atoms with Crippen LogP contribution < -0.4 is 10.6 Å². The van der Waals surface area contributed by atoms with Gasteiger partial charge in [0.2, 0.25) is 5.91 Å². The summed E-state index contributed by atoms with van der Waals surface area (Å²) in [6.45, 7) is 8.04. The van der Waals surface area contributed by atoms with Gasteiger partial charge >= 0.3 is 0 Å². The summed E-state index contributed by atoms with van der Waals surface area (Å²) in [6.07, 6.45) is 3.96. The van der Waals surface area contributed by atoms with Crippen LogP contribution in [0.25, 0.3) is 0 Å². The molecule has 0 saturated carbocycles. The first kappa shape index (κ1) is 14.5. The third kappa shape index (κ3) is 5.04. The molecule has 0 spiro atoms. The largest absolute Gasteiger partial charge is 0.354 e. The minimum Gasteiger partial charge on any atom is -0.354 e. The van der Waals surface area contributed by atoms with Crippen LogP contribution in [0, 0.1) is 5.92 Å². The van der Waals surface area contributed by atoms with Crippen LogP contribution in [-0.2, 0) is 4.79 Å². The van der Waals surface area contributed by atoms with Crippen molar-refractivity contribution in [2.24, 2.45) is 5.92 Å². The average molecular weight is 241 g/mol. The number of likely N-dealkylation sites (tertiary alicyclic amines) is 1. The molecule has 1 aliphatic heterocycles. The van der Waals surface area contributed by atoms with E-state index >= 15 is 0 Å². The predicted octanol–water partition coefficient (Wildman–Crippen LogP) is 0.833. The van der Waals surface area contributed by atoms with Gasteiger partial charge in [-0.3, -0.25) is 9.69 Å². The molecular formula is C13H27N3O. The van der Waals surface area contributed by atoms with Gasteiger partial charge in [0.25, 0.3) is 0 Å². The molecule has 17 heavy (non-hydrogen) atoms. The molecule has 2 unspecified atom stereocenters. The Morgan fingerprint density at radius 3 is 2.41 bits per heavy atom. The summed E-state index contributed by atoms with van der Waals surface area (Å²) in [6, 6.07) is 0.459. The van der Waals surface area contributed by atoms with Crippen LogP contribution in [0.2, 0.25) is 0 Å². The highest BCUT2D eigenvalue weighted by atomic mass is 16.1. The first-order valence-electron chi connectivity index (χ1n) is 6.81. The summed E-state index contributed by atoms with van der Waals surface area (Å²) >= 11 is 0. The van der Waals surface area contributed by atoms with Crippen LogP contribution in [-0.4, -0.2) is 50.1 Å². The summed E-state index contributed by atoms with van der Waals surface area (Å²) in [5.41, 5.74) is 0. The molecule has 1 aliphatic rings. The lowest BCUT2D eigenvalue weighted by Crippen LogP contribution is -2.46. The smallest absolute Gasteiger partial charge is 0.224 e. The van der Waals surface area contributed by atoms with Crippen LogP contribution in [0.5, 0.6) is 0 Å². The molecule has 100 valence electrons. The van der Waals surface area contributed by atoms with E-state index in [4.69, 9.17) is 0 Å². The van der Waals surface area contributed by atoms with Crippen LogP contribution >= 0.6 is 0 Å². The Labute approximate surface area is 105 Å². The Kier molecular flexibility index (Phi) is 6.52. The van der Waals surface area contributed by atoms with Crippen molar-refractivity contribution in [3.05, 3.63) is 0 Å². The molecule has 2 N–H and O–H groups in total. The van der Waals surface area contributed by atoms with E-state index in [1.165, 1.54) is 32.4 Å². The molecule has 0 aliphatic carbocycles. The van der Waals surface area contributed by atoms with E-state index < -0.39 is 0 Å². The van der Waals surface area contributed by atoms with Crippen molar-refractivity contribution in [1.29, 1.82) is 0 Å². The number of rotatable bonds is 6. The van der Waals surface area contributed by atoms with E-state index in [2.05, 4.69) is 22.5 Å². The number of carbonyl (C=O) groups excluding carboxylic acids is 1. The first-order valence-corrected chi connectivity index (χ1v) is 6.81. The molecule has 1 amide bonds. The van der Waals surface area contributed by atoms with Crippen molar-refractivity contribution in [2.45, 2.75) is 39.2 Å². The van der Waals surface area contributed by atoms with Gasteiger partial charge in [-0.05, 0) is 39.9 Å². The summed E-state index contributed by atoms with van der Waals surface area (Å²) in [5, 5.41) is 6.07. The normalized spacial score (nSPS) is 20.9. The monoisotopic (exact) mass is 241 g/mol. The zero-order valence-electron chi connectivity index (χ0n) is 11.5. The third-order valence-electron chi connectivity index (χ3n) is 3.54. The predicted molar refractivity (Wildman–Crippen MR) is 71.0 cm³/mol. The number of hydrogen-bond donors (Lipinski definition) is 2. The van der Waals surface area contributed by atoms with Crippen molar-refractivity contribution < 1.29 is 4.79 Å². The van der Waals surface area contributed by atoms with Gasteiger partial charge < -0.3 is 10.6 Å². The van der Waals surface area contributed by atoms with E-state index in [9.17, 15) is 4.79 Å². The minimum atomic E-state index is 0.0496. The number of piperidine rings is 1. The Morgan fingerprint density at radius 2 is 1.82 bits per heavy atom. The maximum absolute atomic E-state index is 11.8. The van der Waals surface area contributed by atoms with Gasteiger partial charge in [-0.2, -0.15) is 0 Å². The zero-order valence-corrected chi connectivity index (χ0v) is 11.5. The second-order valence-corrected chi connectivity index (χ2v) is 5.15. The van der Waals surface area contributed by atoms with E-state index in [0.717, 1.165) is 13.1 Å². The van der Waals surface area contributed by atoms with E-state index in [0.29, 0.717) is 6.04 Å². The fraction of sp³-hybridized carbons (Fsp3) is 0.923. The lowest BCUT2D eigenvalue weighted by atomic mass is 10.1. The van der Waals surface area contributed by atoms with Crippen molar-refractivity contribution >= 4 is 5.91 Å². The lowest BCUT2D eigenvalue weighted by molar-refractivity contribution is -0.124. The number of hydrogen-bond acceptors (Lipinski definition) is 3. The molecule has 4 heteroatoms. The first-order chi connectivity index (χ1) is 8.15. The van der Waals surface area contributed by atoms with Gasteiger partial charge in [-0.1, -0.05) is 13.3 Å². The molecule has 0 radical (unpaired) electrons. The fourth-order valence-electron chi connectivity index (χ4n) is 2.31. The van der Waals surface area contributed by atoms with Gasteiger partial charge in [-0.15, -0.1) is 0 Å². The summed E-state index contributed by atoms with van der Waals surface area (Å²) < 4.78 is 0. The quantitative estimate of drug-likeness (QED) is 0.724. The molecule has 0 aromatic rings. The number of nitrogens with zero attached hydrogens (tertiary/aromatic N) is 1. The van der Waals surface area contributed by atoms with Gasteiger partial charge in [0.05, 0.1) is 0 Å². The zero-order chi connectivity index (χ0) is 12.7. The van der Waals surface area contributed by atoms with E-state index in [-0.39, 0.29) is 11.8 Å². The van der Waals surface area contributed by atoms with Gasteiger partial charge in [0.1, 0.15) is 0 Å². The van der Waals surface area contributed by atoms with Crippen LogP contribution in [0.1, 0.15) is 33.1 Å². The van der Waals surface area contributed by atoms with E-state index in [1.807, 2.05) is 14.0 Å². The highest BCUT2D eigenvalue weighted by molar-refractivity contribution is 5.78. The Bertz CT molecular complexity index is 227. The molecule has 0 aromatic carbocycles. The van der Waals surface area contributed by atoms with Crippen molar-refractivity contribution in [2.75, 3.05) is 33.2 Å². The van der Waals surface area contributed by atoms with E-state index in [1.54, 1.807) is 0 Å². The fourth-order valence-corrected chi connectivity index (χ4v) is 2.31. The number of carbonyl (C=O) groups is 1. The average Bonchev–Trinajstić information content (AvgIpc) is 2.36. The van der Waals surface area contributed by atoms with Crippen LogP contribution in [0.4, 0.5) is 0 Å². The van der Waals surface area contributed by atoms with Crippen molar-refractivity contribution in [3.8, 4) is 0 Å². The van der Waals surface area contributed by atoms with Gasteiger partial charge in [0, 0.05) is 25.0 Å². The highest BCUT2D eigenvalue weighted by Crippen LogP contribution is 2.11.